The maximum Gasteiger partial charge on any atom is 0.00437 e. The molecule has 9 heavy (non-hydrogen) atoms. The van der Waals surface area contributed by atoms with Crippen LogP contribution in [-0.4, -0.2) is 18.8 Å². The molecule has 0 saturated carbocycles. The molecule has 0 bridgehead atoms. The van der Waals surface area contributed by atoms with Gasteiger partial charge in [0, 0.05) is 6.04 Å². The monoisotopic (exact) mass is 145 g/mol. The molecule has 1 nitrogen and oxygen atoms in total. The molecule has 1 atom stereocenters. The lowest BCUT2D eigenvalue weighted by molar-refractivity contribution is 0.598. The highest BCUT2D eigenvalue weighted by Crippen LogP contribution is 2.03. The third kappa shape index (κ3) is 5.93. The first-order valence-corrected chi connectivity index (χ1v) is 4.26. The highest BCUT2D eigenvalue weighted by Gasteiger charge is 1.94. The summed E-state index contributed by atoms with van der Waals surface area (Å²) in [5.41, 5.74) is 0. The van der Waals surface area contributed by atoms with Crippen molar-refractivity contribution in [3.63, 3.8) is 0 Å². The summed E-state index contributed by atoms with van der Waals surface area (Å²) in [6, 6.07) is 0.637. The van der Waals surface area contributed by atoms with Crippen LogP contribution in [0.3, 0.4) is 0 Å². The molecule has 0 radical (unpaired) electrons. The summed E-state index contributed by atoms with van der Waals surface area (Å²) >= 11 is 1.78. The minimum Gasteiger partial charge on any atom is -0.317 e. The summed E-state index contributed by atoms with van der Waals surface area (Å²) in [5, 5.41) is 5.07. The molecule has 0 aliphatic rings. The summed E-state index contributed by atoms with van der Waals surface area (Å²) in [4.78, 5) is 0. The summed E-state index contributed by atoms with van der Waals surface area (Å²) in [6.07, 6.45) is 1.22. The first kappa shape index (κ1) is 9.05. The van der Waals surface area contributed by atoms with Gasteiger partial charge in [0.2, 0.25) is 0 Å². The highest BCUT2D eigenvalue weighted by atomic mass is 32.2. The second-order valence-corrected chi connectivity index (χ2v) is 3.09. The van der Waals surface area contributed by atoms with Gasteiger partial charge >= 0.3 is 0 Å². The van der Waals surface area contributed by atoms with E-state index in [1.165, 1.54) is 12.2 Å². The van der Waals surface area contributed by atoms with E-state index in [1.807, 2.05) is 12.5 Å². The molecule has 0 aliphatic heterocycles. The Balaban J connectivity index is 2.96. The summed E-state index contributed by atoms with van der Waals surface area (Å²) in [7, 11) is 1.99. The SMILES string of the molecule is C=CSCCC(C)NC. The summed E-state index contributed by atoms with van der Waals surface area (Å²) in [5.74, 6) is 1.17. The van der Waals surface area contributed by atoms with Crippen LogP contribution in [0.4, 0.5) is 0 Å². The molecule has 0 aromatic rings. The lowest BCUT2D eigenvalue weighted by atomic mass is 10.3. The summed E-state index contributed by atoms with van der Waals surface area (Å²) in [6.45, 7) is 5.81. The van der Waals surface area contributed by atoms with E-state index in [0.717, 1.165) is 0 Å². The van der Waals surface area contributed by atoms with Crippen LogP contribution in [0.1, 0.15) is 13.3 Å². The van der Waals surface area contributed by atoms with Crippen LogP contribution >= 0.6 is 11.8 Å². The first-order chi connectivity index (χ1) is 4.31. The fourth-order valence-corrected chi connectivity index (χ4v) is 1.13. The van der Waals surface area contributed by atoms with E-state index >= 15 is 0 Å². The van der Waals surface area contributed by atoms with Crippen molar-refractivity contribution in [2.24, 2.45) is 0 Å². The van der Waals surface area contributed by atoms with E-state index < -0.39 is 0 Å². The Morgan fingerprint density at radius 1 is 1.78 bits per heavy atom. The van der Waals surface area contributed by atoms with Gasteiger partial charge in [-0.1, -0.05) is 6.58 Å². The standard InChI is InChI=1S/C7H15NS/c1-4-9-6-5-7(2)8-3/h4,7-8H,1,5-6H2,2-3H3. The van der Waals surface area contributed by atoms with Gasteiger partial charge in [-0.3, -0.25) is 0 Å². The van der Waals surface area contributed by atoms with E-state index in [0.29, 0.717) is 6.04 Å². The van der Waals surface area contributed by atoms with E-state index in [4.69, 9.17) is 0 Å². The van der Waals surface area contributed by atoms with Gasteiger partial charge in [0.05, 0.1) is 0 Å². The van der Waals surface area contributed by atoms with Crippen LogP contribution in [0.5, 0.6) is 0 Å². The van der Waals surface area contributed by atoms with Crippen LogP contribution in [0.25, 0.3) is 0 Å². The predicted molar refractivity (Wildman–Crippen MR) is 45.8 cm³/mol. The van der Waals surface area contributed by atoms with Crippen LogP contribution in [0, 0.1) is 0 Å². The Kier molecular flexibility index (Phi) is 6.21. The molecule has 0 rings (SSSR count). The minimum atomic E-state index is 0.637. The second-order valence-electron chi connectivity index (χ2n) is 2.02. The maximum atomic E-state index is 3.63. The number of nitrogens with one attached hydrogen (secondary N) is 1. The van der Waals surface area contributed by atoms with Crippen LogP contribution in [0.2, 0.25) is 0 Å². The first-order valence-electron chi connectivity index (χ1n) is 3.21. The van der Waals surface area contributed by atoms with Gasteiger partial charge in [0.1, 0.15) is 0 Å². The molecule has 0 amide bonds. The normalized spacial score (nSPS) is 13.1. The van der Waals surface area contributed by atoms with Gasteiger partial charge in [0.15, 0.2) is 0 Å². The fraction of sp³-hybridized carbons (Fsp3) is 0.714. The molecule has 2 heteroatoms. The Bertz CT molecular complexity index is 73.3. The van der Waals surface area contributed by atoms with Gasteiger partial charge in [-0.15, -0.1) is 11.8 Å². The smallest absolute Gasteiger partial charge is 0.00437 e. The van der Waals surface area contributed by atoms with Gasteiger partial charge in [-0.05, 0) is 31.6 Å². The van der Waals surface area contributed by atoms with Crippen molar-refractivity contribution in [2.45, 2.75) is 19.4 Å². The largest absolute Gasteiger partial charge is 0.317 e. The molecular formula is C7H15NS. The highest BCUT2D eigenvalue weighted by molar-refractivity contribution is 8.02. The van der Waals surface area contributed by atoms with Crippen molar-refractivity contribution < 1.29 is 0 Å². The van der Waals surface area contributed by atoms with Crippen molar-refractivity contribution in [3.05, 3.63) is 12.0 Å². The maximum absolute atomic E-state index is 3.63. The number of hydrogen-bond acceptors (Lipinski definition) is 2. The molecule has 0 aliphatic carbocycles. The van der Waals surface area contributed by atoms with E-state index in [2.05, 4.69) is 18.8 Å². The van der Waals surface area contributed by atoms with Crippen LogP contribution < -0.4 is 5.32 Å². The van der Waals surface area contributed by atoms with E-state index in [1.54, 1.807) is 11.8 Å². The Morgan fingerprint density at radius 2 is 2.44 bits per heavy atom. The molecule has 0 heterocycles. The van der Waals surface area contributed by atoms with Crippen molar-refractivity contribution in [1.29, 1.82) is 0 Å². The van der Waals surface area contributed by atoms with Crippen molar-refractivity contribution in [1.82, 2.24) is 5.32 Å². The van der Waals surface area contributed by atoms with E-state index in [9.17, 15) is 0 Å². The third-order valence-corrected chi connectivity index (χ3v) is 1.99. The summed E-state index contributed by atoms with van der Waals surface area (Å²) < 4.78 is 0. The molecule has 0 aromatic carbocycles. The molecule has 0 fully saturated rings. The zero-order valence-corrected chi connectivity index (χ0v) is 7.00. The molecule has 0 saturated heterocycles. The van der Waals surface area contributed by atoms with Crippen molar-refractivity contribution in [3.8, 4) is 0 Å². The third-order valence-electron chi connectivity index (χ3n) is 1.28. The molecule has 0 spiro atoms. The molecule has 0 aromatic heterocycles. The number of thioether (sulfide) groups is 1. The second kappa shape index (κ2) is 6.17. The Labute approximate surface area is 61.9 Å². The average molecular weight is 145 g/mol. The molecular weight excluding hydrogens is 130 g/mol. The molecule has 1 unspecified atom stereocenters. The van der Waals surface area contributed by atoms with Crippen molar-refractivity contribution in [2.75, 3.05) is 12.8 Å². The average Bonchev–Trinajstić information content (AvgIpc) is 1.89. The predicted octanol–water partition coefficient (Wildman–Crippen LogP) is 1.86. The number of rotatable bonds is 5. The quantitative estimate of drug-likeness (QED) is 0.593. The number of hydrogen-bond donors (Lipinski definition) is 1. The zero-order valence-electron chi connectivity index (χ0n) is 6.18. The van der Waals surface area contributed by atoms with Gasteiger partial charge in [-0.25, -0.2) is 0 Å². The van der Waals surface area contributed by atoms with Gasteiger partial charge < -0.3 is 5.32 Å². The zero-order chi connectivity index (χ0) is 7.11. The van der Waals surface area contributed by atoms with Gasteiger partial charge in [0.25, 0.3) is 0 Å². The van der Waals surface area contributed by atoms with E-state index in [-0.39, 0.29) is 0 Å². The van der Waals surface area contributed by atoms with Crippen LogP contribution in [0.15, 0.2) is 12.0 Å². The van der Waals surface area contributed by atoms with Crippen molar-refractivity contribution >= 4 is 11.8 Å². The molecule has 1 N–H and O–H groups in total. The Hall–Kier alpha value is 0.0500. The fourth-order valence-electron chi connectivity index (χ4n) is 0.472. The lowest BCUT2D eigenvalue weighted by Gasteiger charge is -2.06. The lowest BCUT2D eigenvalue weighted by Crippen LogP contribution is -2.21. The Morgan fingerprint density at radius 3 is 2.89 bits per heavy atom. The van der Waals surface area contributed by atoms with Crippen LogP contribution in [-0.2, 0) is 0 Å². The topological polar surface area (TPSA) is 12.0 Å². The molecule has 54 valence electrons. The minimum absolute atomic E-state index is 0.637. The van der Waals surface area contributed by atoms with Gasteiger partial charge in [-0.2, -0.15) is 0 Å².